The normalized spacial score (nSPS) is 12.7. The minimum Gasteiger partial charge on any atom is -0.480 e. The van der Waals surface area contributed by atoms with Crippen LogP contribution in [0.1, 0.15) is 49.0 Å². The van der Waals surface area contributed by atoms with Crippen molar-refractivity contribution in [3.63, 3.8) is 0 Å². The number of unbranched alkanes of at least 4 members (excludes halogenated alkanes) is 1. The number of hydrogen-bond acceptors (Lipinski definition) is 4. The number of carboxylic acid groups (broad SMARTS) is 1. The quantitative estimate of drug-likeness (QED) is 0.470. The lowest BCUT2D eigenvalue weighted by Gasteiger charge is -2.29. The van der Waals surface area contributed by atoms with Crippen LogP contribution in [0.4, 0.5) is 0 Å². The molecule has 0 aliphatic heterocycles. The molecule has 2 rings (SSSR count). The molecule has 0 radical (unpaired) electrons. The van der Waals surface area contributed by atoms with E-state index in [4.69, 9.17) is 0 Å². The summed E-state index contributed by atoms with van der Waals surface area (Å²) in [5.41, 5.74) is 1.48. The average Bonchev–Trinajstić information content (AvgIpc) is 2.75. The molecule has 0 fully saturated rings. The molecule has 0 aromatic heterocycles. The lowest BCUT2D eigenvalue weighted by atomic mass is 10.1. The number of amides is 1. The topological polar surface area (TPSA) is 104 Å². The number of aliphatic carboxylic acids is 1. The van der Waals surface area contributed by atoms with E-state index in [2.05, 4.69) is 5.32 Å². The van der Waals surface area contributed by atoms with E-state index < -0.39 is 22.0 Å². The SMILES string of the molecule is Cc1ccc(S(=O)(=O)N(CC(C)C)[C@@H](CCCCNC(=O)c2ccccc2)C(=O)O)cc1. The van der Waals surface area contributed by atoms with Crippen molar-refractivity contribution >= 4 is 21.9 Å². The van der Waals surface area contributed by atoms with Crippen LogP contribution in [0, 0.1) is 12.8 Å². The summed E-state index contributed by atoms with van der Waals surface area (Å²) in [6, 6.07) is 14.1. The third kappa shape index (κ3) is 7.17. The van der Waals surface area contributed by atoms with Crippen LogP contribution >= 0.6 is 0 Å². The summed E-state index contributed by atoms with van der Waals surface area (Å²) < 4.78 is 27.6. The maximum absolute atomic E-state index is 13.3. The zero-order chi connectivity index (χ0) is 23.7. The van der Waals surface area contributed by atoms with Crippen molar-refractivity contribution < 1.29 is 23.1 Å². The fraction of sp³-hybridized carbons (Fsp3) is 0.417. The molecule has 0 saturated heterocycles. The van der Waals surface area contributed by atoms with Gasteiger partial charge in [0.15, 0.2) is 0 Å². The average molecular weight is 461 g/mol. The standard InChI is InChI=1S/C24H32N2O5S/c1-18(2)17-26(32(30,31)21-14-12-19(3)13-15-21)22(24(28)29)11-7-8-16-25-23(27)20-9-5-4-6-10-20/h4-6,9-10,12-15,18,22H,7-8,11,16-17H2,1-3H3,(H,25,27)(H,28,29)/t22-/m0/s1. The summed E-state index contributed by atoms with van der Waals surface area (Å²) in [4.78, 5) is 24.2. The molecule has 8 heteroatoms. The van der Waals surface area contributed by atoms with Gasteiger partial charge in [0.25, 0.3) is 5.91 Å². The Kier molecular flexibility index (Phi) is 9.41. The number of hydrogen-bond donors (Lipinski definition) is 2. The number of carbonyl (C=O) groups is 2. The Morgan fingerprint density at radius 2 is 1.62 bits per heavy atom. The summed E-state index contributed by atoms with van der Waals surface area (Å²) >= 11 is 0. The van der Waals surface area contributed by atoms with Gasteiger partial charge in [-0.05, 0) is 56.4 Å². The Bertz CT molecular complexity index is 989. The van der Waals surface area contributed by atoms with Gasteiger partial charge >= 0.3 is 5.97 Å². The zero-order valence-corrected chi connectivity index (χ0v) is 19.6. The van der Waals surface area contributed by atoms with Crippen LogP contribution in [-0.2, 0) is 14.8 Å². The summed E-state index contributed by atoms with van der Waals surface area (Å²) in [5.74, 6) is -1.40. The lowest BCUT2D eigenvalue weighted by Crippen LogP contribution is -2.46. The summed E-state index contributed by atoms with van der Waals surface area (Å²) in [6.45, 7) is 6.07. The maximum atomic E-state index is 13.3. The van der Waals surface area contributed by atoms with Crippen LogP contribution in [0.15, 0.2) is 59.5 Å². The van der Waals surface area contributed by atoms with Gasteiger partial charge in [0, 0.05) is 18.7 Å². The highest BCUT2D eigenvalue weighted by Crippen LogP contribution is 2.23. The highest BCUT2D eigenvalue weighted by Gasteiger charge is 2.35. The zero-order valence-electron chi connectivity index (χ0n) is 18.8. The van der Waals surface area contributed by atoms with Crippen LogP contribution in [0.25, 0.3) is 0 Å². The first-order valence-electron chi connectivity index (χ1n) is 10.8. The number of benzene rings is 2. The molecular weight excluding hydrogens is 428 g/mol. The monoisotopic (exact) mass is 460 g/mol. The van der Waals surface area contributed by atoms with Crippen molar-refractivity contribution in [2.45, 2.75) is 51.0 Å². The Morgan fingerprint density at radius 3 is 2.19 bits per heavy atom. The first-order valence-corrected chi connectivity index (χ1v) is 12.2. The number of rotatable bonds is 12. The largest absolute Gasteiger partial charge is 0.480 e. The highest BCUT2D eigenvalue weighted by atomic mass is 32.2. The van der Waals surface area contributed by atoms with Crippen molar-refractivity contribution in [3.05, 3.63) is 65.7 Å². The summed E-state index contributed by atoms with van der Waals surface area (Å²) in [5, 5.41) is 12.6. The first kappa shape index (κ1) is 25.5. The van der Waals surface area contributed by atoms with E-state index in [1.807, 2.05) is 26.8 Å². The third-order valence-electron chi connectivity index (χ3n) is 5.03. The van der Waals surface area contributed by atoms with Crippen molar-refractivity contribution in [2.75, 3.05) is 13.1 Å². The van der Waals surface area contributed by atoms with Crippen LogP contribution in [0.5, 0.6) is 0 Å². The maximum Gasteiger partial charge on any atom is 0.322 e. The minimum atomic E-state index is -3.97. The van der Waals surface area contributed by atoms with E-state index in [0.29, 0.717) is 24.9 Å². The van der Waals surface area contributed by atoms with Crippen LogP contribution < -0.4 is 5.32 Å². The van der Waals surface area contributed by atoms with Gasteiger partial charge in [-0.2, -0.15) is 4.31 Å². The molecule has 0 spiro atoms. The van der Waals surface area contributed by atoms with Gasteiger partial charge in [-0.3, -0.25) is 9.59 Å². The lowest BCUT2D eigenvalue weighted by molar-refractivity contribution is -0.141. The molecular formula is C24H32N2O5S. The fourth-order valence-electron chi connectivity index (χ4n) is 3.35. The Morgan fingerprint density at radius 1 is 1.00 bits per heavy atom. The van der Waals surface area contributed by atoms with E-state index in [1.165, 1.54) is 12.1 Å². The second kappa shape index (κ2) is 11.8. The Balaban J connectivity index is 2.05. The molecule has 0 aliphatic carbocycles. The molecule has 7 nitrogen and oxygen atoms in total. The van der Waals surface area contributed by atoms with Crippen LogP contribution in [0.2, 0.25) is 0 Å². The highest BCUT2D eigenvalue weighted by molar-refractivity contribution is 7.89. The molecule has 2 N–H and O–H groups in total. The number of sulfonamides is 1. The van der Waals surface area contributed by atoms with E-state index in [-0.39, 0.29) is 29.7 Å². The van der Waals surface area contributed by atoms with Crippen LogP contribution in [-0.4, -0.2) is 48.8 Å². The van der Waals surface area contributed by atoms with Gasteiger partial charge in [-0.25, -0.2) is 8.42 Å². The molecule has 0 heterocycles. The van der Waals surface area contributed by atoms with Gasteiger partial charge in [0.1, 0.15) is 6.04 Å². The minimum absolute atomic E-state index is 0.0396. The number of carboxylic acids is 1. The second-order valence-electron chi connectivity index (χ2n) is 8.25. The molecule has 2 aromatic carbocycles. The number of carbonyl (C=O) groups excluding carboxylic acids is 1. The molecule has 2 aromatic rings. The summed E-state index contributed by atoms with van der Waals surface area (Å²) in [6.07, 6.45) is 1.17. The molecule has 0 bridgehead atoms. The first-order chi connectivity index (χ1) is 15.1. The second-order valence-corrected chi connectivity index (χ2v) is 10.1. The molecule has 0 aliphatic rings. The van der Waals surface area contributed by atoms with Crippen LogP contribution in [0.3, 0.4) is 0 Å². The van der Waals surface area contributed by atoms with Crippen molar-refractivity contribution in [3.8, 4) is 0 Å². The predicted octanol–water partition coefficient (Wildman–Crippen LogP) is 3.70. The molecule has 1 atom stereocenters. The smallest absolute Gasteiger partial charge is 0.322 e. The third-order valence-corrected chi connectivity index (χ3v) is 6.92. The predicted molar refractivity (Wildman–Crippen MR) is 124 cm³/mol. The van der Waals surface area contributed by atoms with Crippen molar-refractivity contribution in [1.29, 1.82) is 0 Å². The number of aryl methyl sites for hydroxylation is 1. The Labute approximate surface area is 190 Å². The number of nitrogens with zero attached hydrogens (tertiary/aromatic N) is 1. The molecule has 32 heavy (non-hydrogen) atoms. The van der Waals surface area contributed by atoms with Gasteiger partial charge in [-0.1, -0.05) is 49.7 Å². The number of nitrogens with one attached hydrogen (secondary N) is 1. The Hall–Kier alpha value is -2.71. The van der Waals surface area contributed by atoms with Crippen molar-refractivity contribution in [2.24, 2.45) is 5.92 Å². The molecule has 0 saturated carbocycles. The van der Waals surface area contributed by atoms with E-state index in [0.717, 1.165) is 9.87 Å². The van der Waals surface area contributed by atoms with Gasteiger partial charge in [-0.15, -0.1) is 0 Å². The summed E-state index contributed by atoms with van der Waals surface area (Å²) in [7, 11) is -3.97. The van der Waals surface area contributed by atoms with Crippen molar-refractivity contribution in [1.82, 2.24) is 9.62 Å². The van der Waals surface area contributed by atoms with E-state index in [1.54, 1.807) is 36.4 Å². The van der Waals surface area contributed by atoms with Gasteiger partial charge in [0.05, 0.1) is 4.90 Å². The molecule has 0 unspecified atom stereocenters. The fourth-order valence-corrected chi connectivity index (χ4v) is 5.12. The van der Waals surface area contributed by atoms with Gasteiger partial charge < -0.3 is 10.4 Å². The molecule has 1 amide bonds. The molecule has 174 valence electrons. The van der Waals surface area contributed by atoms with E-state index >= 15 is 0 Å². The van der Waals surface area contributed by atoms with E-state index in [9.17, 15) is 23.1 Å². The van der Waals surface area contributed by atoms with Gasteiger partial charge in [0.2, 0.25) is 10.0 Å².